The van der Waals surface area contributed by atoms with E-state index in [2.05, 4.69) is 31.3 Å². The average molecular weight is 341 g/mol. The maximum absolute atomic E-state index is 11.6. The van der Waals surface area contributed by atoms with E-state index in [1.807, 2.05) is 42.5 Å². The van der Waals surface area contributed by atoms with Crippen molar-refractivity contribution < 1.29 is 19.4 Å². The van der Waals surface area contributed by atoms with E-state index >= 15 is 0 Å². The Balaban J connectivity index is 1.98. The minimum atomic E-state index is -1.08. The molecular weight excluding hydrogens is 318 g/mol. The van der Waals surface area contributed by atoms with Gasteiger partial charge in [-0.3, -0.25) is 9.59 Å². The minimum Gasteiger partial charge on any atom is -0.484 e. The smallest absolute Gasteiger partial charge is 0.325 e. The second-order valence-corrected chi connectivity index (χ2v) is 6.43. The van der Waals surface area contributed by atoms with Crippen LogP contribution in [-0.2, 0) is 15.0 Å². The van der Waals surface area contributed by atoms with Crippen molar-refractivity contribution in [3.8, 4) is 5.75 Å². The van der Waals surface area contributed by atoms with Gasteiger partial charge in [-0.25, -0.2) is 0 Å². The van der Waals surface area contributed by atoms with Crippen molar-refractivity contribution in [2.24, 2.45) is 0 Å². The molecule has 1 unspecified atom stereocenters. The van der Waals surface area contributed by atoms with Gasteiger partial charge in [0.15, 0.2) is 6.61 Å². The first-order valence-electron chi connectivity index (χ1n) is 8.11. The topological polar surface area (TPSA) is 75.6 Å². The maximum atomic E-state index is 11.6. The Morgan fingerprint density at radius 2 is 1.60 bits per heavy atom. The predicted molar refractivity (Wildman–Crippen MR) is 95.7 cm³/mol. The molecule has 0 aliphatic heterocycles. The van der Waals surface area contributed by atoms with Crippen LogP contribution in [0.1, 0.15) is 31.9 Å². The third-order valence-electron chi connectivity index (χ3n) is 4.19. The van der Waals surface area contributed by atoms with Crippen molar-refractivity contribution in [2.75, 3.05) is 6.61 Å². The van der Waals surface area contributed by atoms with Crippen molar-refractivity contribution in [3.63, 3.8) is 0 Å². The van der Waals surface area contributed by atoms with Gasteiger partial charge in [0.05, 0.1) is 0 Å². The van der Waals surface area contributed by atoms with Crippen molar-refractivity contribution in [3.05, 3.63) is 65.7 Å². The number of carboxylic acid groups (broad SMARTS) is 1. The molecule has 5 heteroatoms. The van der Waals surface area contributed by atoms with Crippen LogP contribution in [0.2, 0.25) is 0 Å². The Morgan fingerprint density at radius 1 is 1.04 bits per heavy atom. The quantitative estimate of drug-likeness (QED) is 0.812. The number of hydrogen-bond donors (Lipinski definition) is 2. The second kappa shape index (κ2) is 7.83. The lowest BCUT2D eigenvalue weighted by molar-refractivity contribution is -0.141. The summed E-state index contributed by atoms with van der Waals surface area (Å²) in [7, 11) is 0. The maximum Gasteiger partial charge on any atom is 0.325 e. The van der Waals surface area contributed by atoms with Crippen LogP contribution in [0.25, 0.3) is 0 Å². The fraction of sp³-hybridized carbons (Fsp3) is 0.300. The number of aliphatic carboxylic acids is 1. The van der Waals surface area contributed by atoms with Crippen LogP contribution in [0.5, 0.6) is 5.75 Å². The van der Waals surface area contributed by atoms with Gasteiger partial charge in [0.1, 0.15) is 11.8 Å². The minimum absolute atomic E-state index is 0.145. The first kappa shape index (κ1) is 18.5. The average Bonchev–Trinajstić information content (AvgIpc) is 2.61. The third-order valence-corrected chi connectivity index (χ3v) is 4.19. The number of rotatable bonds is 7. The van der Waals surface area contributed by atoms with E-state index in [9.17, 15) is 9.59 Å². The molecule has 0 bridgehead atoms. The van der Waals surface area contributed by atoms with Crippen LogP contribution in [-0.4, -0.2) is 29.6 Å². The Morgan fingerprint density at radius 3 is 2.16 bits per heavy atom. The normalized spacial score (nSPS) is 12.3. The molecule has 0 saturated carbocycles. The molecular formula is C20H23NO4. The second-order valence-electron chi connectivity index (χ2n) is 6.43. The fourth-order valence-corrected chi connectivity index (χ4v) is 2.48. The van der Waals surface area contributed by atoms with Crippen molar-refractivity contribution in [2.45, 2.75) is 32.2 Å². The Bertz CT molecular complexity index is 723. The number of benzene rings is 2. The van der Waals surface area contributed by atoms with Crippen LogP contribution >= 0.6 is 0 Å². The van der Waals surface area contributed by atoms with Gasteiger partial charge in [-0.05, 0) is 30.2 Å². The van der Waals surface area contributed by atoms with Gasteiger partial charge in [-0.2, -0.15) is 0 Å². The number of amides is 1. The molecule has 1 amide bonds. The Labute approximate surface area is 147 Å². The highest BCUT2D eigenvalue weighted by atomic mass is 16.5. The number of hydrogen-bond acceptors (Lipinski definition) is 3. The molecule has 0 fully saturated rings. The third kappa shape index (κ3) is 4.83. The molecule has 0 saturated heterocycles. The lowest BCUT2D eigenvalue weighted by Crippen LogP contribution is -2.40. The molecule has 0 heterocycles. The Hall–Kier alpha value is -2.82. The van der Waals surface area contributed by atoms with Gasteiger partial charge in [0.25, 0.3) is 5.91 Å². The molecule has 5 nitrogen and oxygen atoms in total. The zero-order chi connectivity index (χ0) is 18.4. The Kier molecular flexibility index (Phi) is 5.80. The number of carbonyl (C=O) groups excluding carboxylic acids is 1. The van der Waals surface area contributed by atoms with E-state index in [0.717, 1.165) is 5.56 Å². The van der Waals surface area contributed by atoms with Crippen molar-refractivity contribution in [1.82, 2.24) is 5.32 Å². The molecule has 132 valence electrons. The standard InChI is InChI=1S/C20H23NO4/c1-14(19(23)24)21-18(22)13-25-17-11-9-16(10-12-17)20(2,3)15-7-5-4-6-8-15/h4-12,14H,13H2,1-3H3,(H,21,22)(H,23,24). The molecule has 0 spiro atoms. The summed E-state index contributed by atoms with van der Waals surface area (Å²) in [6, 6.07) is 16.9. The lowest BCUT2D eigenvalue weighted by atomic mass is 9.78. The largest absolute Gasteiger partial charge is 0.484 e. The van der Waals surface area contributed by atoms with Gasteiger partial charge >= 0.3 is 5.97 Å². The van der Waals surface area contributed by atoms with Crippen LogP contribution < -0.4 is 10.1 Å². The van der Waals surface area contributed by atoms with E-state index in [4.69, 9.17) is 9.84 Å². The van der Waals surface area contributed by atoms with Gasteiger partial charge in [-0.1, -0.05) is 56.3 Å². The summed E-state index contributed by atoms with van der Waals surface area (Å²) in [4.78, 5) is 22.3. The SMILES string of the molecule is CC(NC(=O)COc1ccc(C(C)(C)c2ccccc2)cc1)C(=O)O. The van der Waals surface area contributed by atoms with Crippen LogP contribution in [0.15, 0.2) is 54.6 Å². The zero-order valence-corrected chi connectivity index (χ0v) is 14.7. The van der Waals surface area contributed by atoms with Gasteiger partial charge < -0.3 is 15.2 Å². The lowest BCUT2D eigenvalue weighted by Gasteiger charge is -2.26. The number of carboxylic acids is 1. The molecule has 0 aliphatic carbocycles. The summed E-state index contributed by atoms with van der Waals surface area (Å²) < 4.78 is 5.42. The van der Waals surface area contributed by atoms with Gasteiger partial charge in [0, 0.05) is 5.41 Å². The predicted octanol–water partition coefficient (Wildman–Crippen LogP) is 2.98. The molecule has 2 rings (SSSR count). The fourth-order valence-electron chi connectivity index (χ4n) is 2.48. The highest BCUT2D eigenvalue weighted by Crippen LogP contribution is 2.32. The summed E-state index contributed by atoms with van der Waals surface area (Å²) in [6.45, 7) is 5.48. The monoisotopic (exact) mass is 341 g/mol. The number of carbonyl (C=O) groups is 2. The van der Waals surface area contributed by atoms with E-state index < -0.39 is 17.9 Å². The molecule has 0 aromatic heterocycles. The molecule has 25 heavy (non-hydrogen) atoms. The van der Waals surface area contributed by atoms with Crippen molar-refractivity contribution in [1.29, 1.82) is 0 Å². The molecule has 2 N–H and O–H groups in total. The number of ether oxygens (including phenoxy) is 1. The van der Waals surface area contributed by atoms with Crippen molar-refractivity contribution >= 4 is 11.9 Å². The first-order valence-corrected chi connectivity index (χ1v) is 8.11. The van der Waals surface area contributed by atoms with Gasteiger partial charge in [-0.15, -0.1) is 0 Å². The molecule has 2 aromatic rings. The number of nitrogens with one attached hydrogen (secondary N) is 1. The summed E-state index contributed by atoms with van der Waals surface area (Å²) >= 11 is 0. The highest BCUT2D eigenvalue weighted by molar-refractivity contribution is 5.84. The van der Waals surface area contributed by atoms with Gasteiger partial charge in [0.2, 0.25) is 0 Å². The summed E-state index contributed by atoms with van der Waals surface area (Å²) in [5.74, 6) is -0.991. The summed E-state index contributed by atoms with van der Waals surface area (Å²) in [6.07, 6.45) is 0. The summed E-state index contributed by atoms with van der Waals surface area (Å²) in [5.41, 5.74) is 2.20. The van der Waals surface area contributed by atoms with Crippen LogP contribution in [0, 0.1) is 0 Å². The molecule has 0 aliphatic rings. The molecule has 0 radical (unpaired) electrons. The summed E-state index contributed by atoms with van der Waals surface area (Å²) in [5, 5.41) is 11.1. The molecule has 1 atom stereocenters. The van der Waals surface area contributed by atoms with E-state index in [1.165, 1.54) is 12.5 Å². The van der Waals surface area contributed by atoms with Crippen LogP contribution in [0.4, 0.5) is 0 Å². The van der Waals surface area contributed by atoms with E-state index in [1.54, 1.807) is 0 Å². The van der Waals surface area contributed by atoms with E-state index in [-0.39, 0.29) is 12.0 Å². The molecule has 2 aromatic carbocycles. The zero-order valence-electron chi connectivity index (χ0n) is 14.7. The van der Waals surface area contributed by atoms with Crippen LogP contribution in [0.3, 0.4) is 0 Å². The van der Waals surface area contributed by atoms with E-state index in [0.29, 0.717) is 5.75 Å². The first-order chi connectivity index (χ1) is 11.8. The highest BCUT2D eigenvalue weighted by Gasteiger charge is 2.22.